The highest BCUT2D eigenvalue weighted by atomic mass is 32.2. The first kappa shape index (κ1) is 21.0. The van der Waals surface area contributed by atoms with Gasteiger partial charge in [-0.2, -0.15) is 4.31 Å². The van der Waals surface area contributed by atoms with Crippen LogP contribution in [0.5, 0.6) is 0 Å². The van der Waals surface area contributed by atoms with Gasteiger partial charge in [-0.05, 0) is 24.7 Å². The lowest BCUT2D eigenvalue weighted by molar-refractivity contribution is -0.115. The predicted octanol–water partition coefficient (Wildman–Crippen LogP) is 1.20. The molecule has 0 atom stereocenters. The highest BCUT2D eigenvalue weighted by Crippen LogP contribution is 2.31. The molecule has 2 fully saturated rings. The van der Waals surface area contributed by atoms with Crippen molar-refractivity contribution in [3.63, 3.8) is 0 Å². The Morgan fingerprint density at radius 1 is 1.07 bits per heavy atom. The van der Waals surface area contributed by atoms with E-state index in [0.29, 0.717) is 38.4 Å². The number of sulfonamides is 1. The fraction of sp³-hybridized carbons (Fsp3) is 0.632. The number of morpholine rings is 1. The zero-order chi connectivity index (χ0) is 20.1. The molecule has 2 aliphatic heterocycles. The zero-order valence-electron chi connectivity index (χ0n) is 16.7. The largest absolute Gasteiger partial charge is 0.379 e. The number of nitrogens with zero attached hydrogens (tertiary/aromatic N) is 3. The summed E-state index contributed by atoms with van der Waals surface area (Å²) >= 11 is 0. The molecule has 1 N–H and O–H groups in total. The number of hydrogen-bond donors (Lipinski definition) is 1. The van der Waals surface area contributed by atoms with Gasteiger partial charge in [-0.25, -0.2) is 8.42 Å². The molecule has 3 rings (SSSR count). The zero-order valence-corrected chi connectivity index (χ0v) is 17.5. The lowest BCUT2D eigenvalue weighted by Gasteiger charge is -2.36. The molecule has 2 heterocycles. The van der Waals surface area contributed by atoms with Gasteiger partial charge in [-0.3, -0.25) is 4.79 Å². The number of benzene rings is 1. The molecule has 28 heavy (non-hydrogen) atoms. The Bertz CT molecular complexity index is 785. The maximum absolute atomic E-state index is 13.0. The van der Waals surface area contributed by atoms with Crippen molar-refractivity contribution in [2.24, 2.45) is 0 Å². The molecule has 0 unspecified atom stereocenters. The normalized spacial score (nSPS) is 19.6. The summed E-state index contributed by atoms with van der Waals surface area (Å²) in [7, 11) is -3.61. The second-order valence-corrected chi connectivity index (χ2v) is 8.96. The molecule has 0 spiro atoms. The average molecular weight is 411 g/mol. The number of carbonyl (C=O) groups is 1. The number of piperazine rings is 1. The van der Waals surface area contributed by atoms with Crippen LogP contribution in [0.2, 0.25) is 0 Å². The van der Waals surface area contributed by atoms with Gasteiger partial charge in [-0.1, -0.05) is 13.8 Å². The summed E-state index contributed by atoms with van der Waals surface area (Å²) in [6.45, 7) is 10.0. The van der Waals surface area contributed by atoms with Crippen LogP contribution in [0.3, 0.4) is 0 Å². The maximum Gasteiger partial charge on any atom is 0.243 e. The number of likely N-dealkylation sites (N-methyl/N-ethyl adjacent to an activating group) is 1. The molecule has 1 aromatic rings. The van der Waals surface area contributed by atoms with E-state index in [-0.39, 0.29) is 10.8 Å². The van der Waals surface area contributed by atoms with Gasteiger partial charge in [0, 0.05) is 45.7 Å². The van der Waals surface area contributed by atoms with E-state index in [4.69, 9.17) is 4.74 Å². The summed E-state index contributed by atoms with van der Waals surface area (Å²) in [6, 6.07) is 5.06. The molecule has 0 aromatic heterocycles. The summed E-state index contributed by atoms with van der Waals surface area (Å²) in [5, 5.41) is 2.90. The highest BCUT2D eigenvalue weighted by molar-refractivity contribution is 7.89. The van der Waals surface area contributed by atoms with E-state index in [1.165, 1.54) is 4.31 Å². The Morgan fingerprint density at radius 2 is 1.75 bits per heavy atom. The van der Waals surface area contributed by atoms with E-state index >= 15 is 0 Å². The summed E-state index contributed by atoms with van der Waals surface area (Å²) in [4.78, 5) is 16.9. The Morgan fingerprint density at radius 3 is 2.36 bits per heavy atom. The fourth-order valence-electron chi connectivity index (χ4n) is 3.53. The standard InChI is InChI=1S/C19H30N4O4S/c1-3-19(24)20-17-15-16(28(25,26)23-11-13-27-14-12-23)5-6-18(17)22-9-7-21(4-2)8-10-22/h5-6,15H,3-4,7-14H2,1-2H3,(H,20,24). The molecule has 1 amide bonds. The first-order valence-corrected chi connectivity index (χ1v) is 11.4. The van der Waals surface area contributed by atoms with Crippen molar-refractivity contribution in [1.29, 1.82) is 0 Å². The Labute approximate surface area is 167 Å². The van der Waals surface area contributed by atoms with Crippen LogP contribution in [-0.2, 0) is 19.6 Å². The van der Waals surface area contributed by atoms with Crippen LogP contribution in [0.15, 0.2) is 23.1 Å². The highest BCUT2D eigenvalue weighted by Gasteiger charge is 2.28. The smallest absolute Gasteiger partial charge is 0.243 e. The summed E-state index contributed by atoms with van der Waals surface area (Å²) < 4.78 is 32.7. The molecule has 2 saturated heterocycles. The van der Waals surface area contributed by atoms with Gasteiger partial charge in [0.25, 0.3) is 0 Å². The van der Waals surface area contributed by atoms with E-state index < -0.39 is 10.0 Å². The first-order chi connectivity index (χ1) is 13.5. The van der Waals surface area contributed by atoms with Gasteiger partial charge < -0.3 is 19.9 Å². The topological polar surface area (TPSA) is 82.2 Å². The van der Waals surface area contributed by atoms with E-state index in [9.17, 15) is 13.2 Å². The Kier molecular flexibility index (Phi) is 6.92. The number of hydrogen-bond acceptors (Lipinski definition) is 6. The molecule has 0 aliphatic carbocycles. The van der Waals surface area contributed by atoms with Crippen LogP contribution in [-0.4, -0.2) is 82.6 Å². The molecule has 0 radical (unpaired) electrons. The van der Waals surface area contributed by atoms with Crippen molar-refractivity contribution in [2.75, 3.05) is 69.2 Å². The number of rotatable bonds is 6. The van der Waals surface area contributed by atoms with E-state index in [0.717, 1.165) is 38.4 Å². The number of ether oxygens (including phenoxy) is 1. The molecule has 9 heteroatoms. The third-order valence-corrected chi connectivity index (χ3v) is 7.23. The van der Waals surface area contributed by atoms with Crippen molar-refractivity contribution >= 4 is 27.3 Å². The molecular weight excluding hydrogens is 380 g/mol. The van der Waals surface area contributed by atoms with Gasteiger partial charge in [0.05, 0.1) is 29.5 Å². The SMILES string of the molecule is CCC(=O)Nc1cc(S(=O)(=O)N2CCOCC2)ccc1N1CCN(CC)CC1. The summed E-state index contributed by atoms with van der Waals surface area (Å²) in [5.41, 5.74) is 1.43. The minimum absolute atomic E-state index is 0.130. The van der Waals surface area contributed by atoms with Crippen LogP contribution in [0.25, 0.3) is 0 Å². The molecule has 8 nitrogen and oxygen atoms in total. The van der Waals surface area contributed by atoms with E-state index in [2.05, 4.69) is 22.0 Å². The third kappa shape index (κ3) is 4.65. The van der Waals surface area contributed by atoms with Crippen LogP contribution in [0.1, 0.15) is 20.3 Å². The van der Waals surface area contributed by atoms with Gasteiger partial charge in [-0.15, -0.1) is 0 Å². The number of nitrogens with one attached hydrogen (secondary N) is 1. The lowest BCUT2D eigenvalue weighted by Crippen LogP contribution is -2.46. The van der Waals surface area contributed by atoms with Gasteiger partial charge >= 0.3 is 0 Å². The minimum Gasteiger partial charge on any atom is -0.379 e. The van der Waals surface area contributed by atoms with Crippen molar-refractivity contribution in [2.45, 2.75) is 25.2 Å². The summed E-state index contributed by atoms with van der Waals surface area (Å²) in [5.74, 6) is -0.130. The maximum atomic E-state index is 13.0. The van der Waals surface area contributed by atoms with E-state index in [1.54, 1.807) is 19.1 Å². The van der Waals surface area contributed by atoms with Crippen LogP contribution >= 0.6 is 0 Å². The minimum atomic E-state index is -3.61. The second kappa shape index (κ2) is 9.21. The average Bonchev–Trinajstić information content (AvgIpc) is 2.74. The quantitative estimate of drug-likeness (QED) is 0.759. The third-order valence-electron chi connectivity index (χ3n) is 5.33. The van der Waals surface area contributed by atoms with Crippen LogP contribution < -0.4 is 10.2 Å². The van der Waals surface area contributed by atoms with E-state index in [1.807, 2.05) is 6.07 Å². The van der Waals surface area contributed by atoms with Crippen molar-refractivity contribution in [3.8, 4) is 0 Å². The molecule has 0 saturated carbocycles. The van der Waals surface area contributed by atoms with Crippen molar-refractivity contribution in [3.05, 3.63) is 18.2 Å². The molecule has 156 valence electrons. The summed E-state index contributed by atoms with van der Waals surface area (Å²) in [6.07, 6.45) is 0.337. The van der Waals surface area contributed by atoms with Crippen LogP contribution in [0, 0.1) is 0 Å². The number of amides is 1. The van der Waals surface area contributed by atoms with Gasteiger partial charge in [0.1, 0.15) is 0 Å². The van der Waals surface area contributed by atoms with Crippen molar-refractivity contribution < 1.29 is 17.9 Å². The molecule has 2 aliphatic rings. The number of anilines is 2. The predicted molar refractivity (Wildman–Crippen MR) is 109 cm³/mol. The van der Waals surface area contributed by atoms with Crippen LogP contribution in [0.4, 0.5) is 11.4 Å². The monoisotopic (exact) mass is 410 g/mol. The second-order valence-electron chi connectivity index (χ2n) is 7.02. The number of carbonyl (C=O) groups excluding carboxylic acids is 1. The molecule has 0 bridgehead atoms. The fourth-order valence-corrected chi connectivity index (χ4v) is 4.97. The van der Waals surface area contributed by atoms with Gasteiger partial charge in [0.2, 0.25) is 15.9 Å². The lowest BCUT2D eigenvalue weighted by atomic mass is 10.2. The molecule has 1 aromatic carbocycles. The Hall–Kier alpha value is -1.68. The van der Waals surface area contributed by atoms with Gasteiger partial charge in [0.15, 0.2) is 0 Å². The Balaban J connectivity index is 1.89. The first-order valence-electron chi connectivity index (χ1n) is 9.94. The molecular formula is C19H30N4O4S. The van der Waals surface area contributed by atoms with Crippen molar-refractivity contribution in [1.82, 2.24) is 9.21 Å².